The van der Waals surface area contributed by atoms with Gasteiger partial charge in [0.1, 0.15) is 11.5 Å². The molecule has 1 amide bonds. The van der Waals surface area contributed by atoms with Gasteiger partial charge in [-0.15, -0.1) is 0 Å². The molecular weight excluding hydrogens is 518 g/mol. The van der Waals surface area contributed by atoms with Crippen LogP contribution in [0.4, 0.5) is 10.8 Å². The highest BCUT2D eigenvalue weighted by Crippen LogP contribution is 2.45. The lowest BCUT2D eigenvalue weighted by molar-refractivity contribution is -0.384. The van der Waals surface area contributed by atoms with Crippen molar-refractivity contribution in [2.75, 3.05) is 11.5 Å². The quantitative estimate of drug-likeness (QED) is 0.107. The summed E-state index contributed by atoms with van der Waals surface area (Å²) >= 11 is 7.25. The highest BCUT2D eigenvalue weighted by Gasteiger charge is 2.48. The number of ketones is 1. The number of aromatic nitrogens is 1. The molecule has 1 atom stereocenters. The summed E-state index contributed by atoms with van der Waals surface area (Å²) in [5.74, 6) is -1.68. The standard InChI is InChI=1S/C26H18ClN3O6S/c1-2-36-18-9-6-14(7-10-18)23(31)21-22(15-4-3-5-17(12-15)30(34)35)29(25(33)24(21)32)26-28-19-11-8-16(27)13-20(19)37-26/h3-13,22,31H,2H2,1H3/b23-21+. The molecule has 1 saturated heterocycles. The lowest BCUT2D eigenvalue weighted by atomic mass is 9.95. The van der Waals surface area contributed by atoms with E-state index in [0.29, 0.717) is 27.6 Å². The van der Waals surface area contributed by atoms with Gasteiger partial charge in [-0.05, 0) is 55.0 Å². The summed E-state index contributed by atoms with van der Waals surface area (Å²) in [6, 6.07) is 15.9. The minimum Gasteiger partial charge on any atom is -0.507 e. The molecule has 5 rings (SSSR count). The summed E-state index contributed by atoms with van der Waals surface area (Å²) in [4.78, 5) is 43.3. The monoisotopic (exact) mass is 535 g/mol. The van der Waals surface area contributed by atoms with Gasteiger partial charge in [-0.3, -0.25) is 24.6 Å². The van der Waals surface area contributed by atoms with Crippen molar-refractivity contribution < 1.29 is 24.4 Å². The van der Waals surface area contributed by atoms with E-state index >= 15 is 0 Å². The van der Waals surface area contributed by atoms with E-state index in [1.165, 1.54) is 23.1 Å². The molecule has 11 heteroatoms. The fourth-order valence-corrected chi connectivity index (χ4v) is 5.44. The molecule has 1 N–H and O–H groups in total. The second-order valence-corrected chi connectivity index (χ2v) is 9.53. The molecule has 2 heterocycles. The molecule has 0 bridgehead atoms. The van der Waals surface area contributed by atoms with E-state index in [2.05, 4.69) is 4.98 Å². The number of aliphatic hydroxyl groups excluding tert-OH is 1. The van der Waals surface area contributed by atoms with Gasteiger partial charge in [0, 0.05) is 22.7 Å². The van der Waals surface area contributed by atoms with Crippen LogP contribution >= 0.6 is 22.9 Å². The van der Waals surface area contributed by atoms with Crippen LogP contribution in [-0.4, -0.2) is 33.3 Å². The van der Waals surface area contributed by atoms with E-state index in [9.17, 15) is 24.8 Å². The number of carbonyl (C=O) groups excluding carboxylic acids is 2. The molecule has 9 nitrogen and oxygen atoms in total. The van der Waals surface area contributed by atoms with E-state index in [-0.39, 0.29) is 27.5 Å². The third-order valence-corrected chi connectivity index (χ3v) is 7.08. The molecular formula is C26H18ClN3O6S. The molecule has 1 unspecified atom stereocenters. The van der Waals surface area contributed by atoms with Crippen LogP contribution in [0, 0.1) is 10.1 Å². The number of amides is 1. The van der Waals surface area contributed by atoms with Crippen molar-refractivity contribution >= 4 is 61.4 Å². The van der Waals surface area contributed by atoms with Gasteiger partial charge in [0.15, 0.2) is 5.13 Å². The molecule has 37 heavy (non-hydrogen) atoms. The molecule has 4 aromatic rings. The fourth-order valence-electron chi connectivity index (χ4n) is 4.17. The van der Waals surface area contributed by atoms with Crippen LogP contribution in [0.5, 0.6) is 5.75 Å². The van der Waals surface area contributed by atoms with Gasteiger partial charge < -0.3 is 9.84 Å². The highest BCUT2D eigenvalue weighted by atomic mass is 35.5. The molecule has 1 aliphatic heterocycles. The number of anilines is 1. The first-order chi connectivity index (χ1) is 17.8. The highest BCUT2D eigenvalue weighted by molar-refractivity contribution is 7.22. The SMILES string of the molecule is CCOc1ccc(/C(O)=C2\C(=O)C(=O)N(c3nc4ccc(Cl)cc4s3)C2c2cccc([N+](=O)[O-])c2)cc1. The van der Waals surface area contributed by atoms with Gasteiger partial charge >= 0.3 is 5.91 Å². The van der Waals surface area contributed by atoms with Gasteiger partial charge in [-0.2, -0.15) is 0 Å². The lowest BCUT2D eigenvalue weighted by Gasteiger charge is -2.22. The lowest BCUT2D eigenvalue weighted by Crippen LogP contribution is -2.29. The summed E-state index contributed by atoms with van der Waals surface area (Å²) in [6.07, 6.45) is 0. The number of nitro groups is 1. The third kappa shape index (κ3) is 4.41. The number of benzene rings is 3. The minimum atomic E-state index is -1.15. The van der Waals surface area contributed by atoms with E-state index < -0.39 is 28.4 Å². The van der Waals surface area contributed by atoms with Crippen LogP contribution in [0.2, 0.25) is 5.02 Å². The average Bonchev–Trinajstić information content (AvgIpc) is 3.42. The summed E-state index contributed by atoms with van der Waals surface area (Å²) in [5.41, 5.74) is 0.703. The number of ether oxygens (including phenoxy) is 1. The zero-order valence-corrected chi connectivity index (χ0v) is 20.8. The van der Waals surface area contributed by atoms with Crippen molar-refractivity contribution in [3.05, 3.63) is 98.6 Å². The van der Waals surface area contributed by atoms with Crippen molar-refractivity contribution in [3.63, 3.8) is 0 Å². The Kier molecular flexibility index (Phi) is 6.36. The minimum absolute atomic E-state index is 0.196. The fraction of sp³-hybridized carbons (Fsp3) is 0.115. The Labute approximate surface area is 219 Å². The Morgan fingerprint density at radius 2 is 1.92 bits per heavy atom. The third-order valence-electron chi connectivity index (χ3n) is 5.83. The van der Waals surface area contributed by atoms with Crippen molar-refractivity contribution in [2.24, 2.45) is 0 Å². The topological polar surface area (TPSA) is 123 Å². The number of nitrogens with zero attached hydrogens (tertiary/aromatic N) is 3. The number of rotatable bonds is 6. The van der Waals surface area contributed by atoms with Crippen LogP contribution < -0.4 is 9.64 Å². The van der Waals surface area contributed by atoms with Crippen molar-refractivity contribution in [1.29, 1.82) is 0 Å². The second-order valence-electron chi connectivity index (χ2n) is 8.09. The number of non-ortho nitro benzene ring substituents is 1. The van der Waals surface area contributed by atoms with Crippen LogP contribution in [0.15, 0.2) is 72.3 Å². The van der Waals surface area contributed by atoms with Crippen LogP contribution in [0.1, 0.15) is 24.1 Å². The Morgan fingerprint density at radius 1 is 1.16 bits per heavy atom. The number of fused-ring (bicyclic) bond motifs is 1. The summed E-state index contributed by atoms with van der Waals surface area (Å²) < 4.78 is 6.12. The van der Waals surface area contributed by atoms with Gasteiger partial charge in [-0.25, -0.2) is 4.98 Å². The van der Waals surface area contributed by atoms with Crippen LogP contribution in [-0.2, 0) is 9.59 Å². The molecule has 1 aromatic heterocycles. The zero-order chi connectivity index (χ0) is 26.3. The zero-order valence-electron chi connectivity index (χ0n) is 19.3. The molecule has 0 radical (unpaired) electrons. The predicted octanol–water partition coefficient (Wildman–Crippen LogP) is 5.88. The molecule has 3 aromatic carbocycles. The maximum atomic E-state index is 13.4. The van der Waals surface area contributed by atoms with Crippen molar-refractivity contribution in [1.82, 2.24) is 4.98 Å². The number of carbonyl (C=O) groups is 2. The van der Waals surface area contributed by atoms with Gasteiger partial charge in [0.25, 0.3) is 11.5 Å². The smallest absolute Gasteiger partial charge is 0.301 e. The van der Waals surface area contributed by atoms with Crippen LogP contribution in [0.3, 0.4) is 0 Å². The van der Waals surface area contributed by atoms with E-state index in [4.69, 9.17) is 16.3 Å². The Bertz CT molecular complexity index is 1600. The maximum Gasteiger partial charge on any atom is 0.301 e. The van der Waals surface area contributed by atoms with Crippen molar-refractivity contribution in [3.8, 4) is 5.75 Å². The Balaban J connectivity index is 1.71. The molecule has 0 aliphatic carbocycles. The van der Waals surface area contributed by atoms with E-state index in [1.54, 1.807) is 48.5 Å². The summed E-state index contributed by atoms with van der Waals surface area (Å²) in [6.45, 7) is 2.29. The first-order valence-corrected chi connectivity index (χ1v) is 12.3. The van der Waals surface area contributed by atoms with Crippen LogP contribution in [0.25, 0.3) is 16.0 Å². The predicted molar refractivity (Wildman–Crippen MR) is 140 cm³/mol. The summed E-state index contributed by atoms with van der Waals surface area (Å²) in [5, 5.41) is 23.4. The Morgan fingerprint density at radius 3 is 2.62 bits per heavy atom. The summed E-state index contributed by atoms with van der Waals surface area (Å²) in [7, 11) is 0. The van der Waals surface area contributed by atoms with Crippen molar-refractivity contribution in [2.45, 2.75) is 13.0 Å². The first kappa shape index (κ1) is 24.4. The Hall–Kier alpha value is -4.28. The van der Waals surface area contributed by atoms with Gasteiger partial charge in [0.05, 0.1) is 33.4 Å². The number of hydrogen-bond donors (Lipinski definition) is 1. The number of thiazole rings is 1. The van der Waals surface area contributed by atoms with E-state index in [1.807, 2.05) is 6.92 Å². The largest absolute Gasteiger partial charge is 0.507 e. The second kappa shape index (κ2) is 9.64. The van der Waals surface area contributed by atoms with E-state index in [0.717, 1.165) is 11.3 Å². The number of nitro benzene ring substituents is 1. The molecule has 1 aliphatic rings. The number of aliphatic hydroxyl groups is 1. The number of hydrogen-bond acceptors (Lipinski definition) is 8. The molecule has 1 fully saturated rings. The van der Waals surface area contributed by atoms with Gasteiger partial charge in [-0.1, -0.05) is 35.1 Å². The molecule has 186 valence electrons. The maximum absolute atomic E-state index is 13.4. The molecule has 0 saturated carbocycles. The number of Topliss-reactive ketones (excluding diaryl/α,β-unsaturated/α-hetero) is 1. The number of halogens is 1. The molecule has 0 spiro atoms. The first-order valence-electron chi connectivity index (χ1n) is 11.1. The average molecular weight is 536 g/mol. The van der Waals surface area contributed by atoms with Gasteiger partial charge in [0.2, 0.25) is 0 Å². The normalized spacial score (nSPS) is 16.9.